The van der Waals surface area contributed by atoms with Crippen molar-refractivity contribution >= 4 is 27.3 Å². The van der Waals surface area contributed by atoms with E-state index in [4.69, 9.17) is 9.84 Å². The van der Waals surface area contributed by atoms with Crippen LogP contribution in [0.25, 0.3) is 0 Å². The molecule has 0 aromatic carbocycles. The minimum Gasteiger partial charge on any atom is -0.477 e. The van der Waals surface area contributed by atoms with E-state index in [9.17, 15) is 13.2 Å². The molecule has 1 N–H and O–H groups in total. The van der Waals surface area contributed by atoms with Gasteiger partial charge in [-0.15, -0.1) is 11.3 Å². The number of nitrogens with zero attached hydrogens (tertiary/aromatic N) is 1. The van der Waals surface area contributed by atoms with E-state index in [1.165, 1.54) is 10.4 Å². The van der Waals surface area contributed by atoms with Crippen molar-refractivity contribution in [2.75, 3.05) is 26.3 Å². The smallest absolute Gasteiger partial charge is 0.345 e. The number of ether oxygens (including phenoxy) is 1. The minimum atomic E-state index is -3.63. The van der Waals surface area contributed by atoms with Gasteiger partial charge in [0.2, 0.25) is 10.0 Å². The predicted molar refractivity (Wildman–Crippen MR) is 70.2 cm³/mol. The highest BCUT2D eigenvalue weighted by atomic mass is 32.2. The van der Waals surface area contributed by atoms with E-state index >= 15 is 0 Å². The van der Waals surface area contributed by atoms with Crippen molar-refractivity contribution in [2.24, 2.45) is 0 Å². The van der Waals surface area contributed by atoms with E-state index < -0.39 is 16.0 Å². The van der Waals surface area contributed by atoms with Gasteiger partial charge in [-0.2, -0.15) is 4.31 Å². The summed E-state index contributed by atoms with van der Waals surface area (Å²) in [5.41, 5.74) is 0. The summed E-state index contributed by atoms with van der Waals surface area (Å²) >= 11 is 0.982. The van der Waals surface area contributed by atoms with Crippen LogP contribution in [0.1, 0.15) is 21.0 Å². The third-order valence-electron chi connectivity index (χ3n) is 2.88. The van der Waals surface area contributed by atoms with Gasteiger partial charge in [0.15, 0.2) is 0 Å². The highest BCUT2D eigenvalue weighted by molar-refractivity contribution is 7.89. The van der Waals surface area contributed by atoms with E-state index in [1.54, 1.807) is 6.92 Å². The highest BCUT2D eigenvalue weighted by Gasteiger charge is 2.29. The molecule has 6 nitrogen and oxygen atoms in total. The molecule has 2 rings (SSSR count). The van der Waals surface area contributed by atoms with Gasteiger partial charge in [-0.25, -0.2) is 13.2 Å². The lowest BCUT2D eigenvalue weighted by molar-refractivity contribution is 0.0702. The second-order valence-corrected chi connectivity index (χ2v) is 7.37. The number of thiophene rings is 1. The van der Waals surface area contributed by atoms with Gasteiger partial charge in [0.05, 0.1) is 11.5 Å². The molecule has 106 valence electrons. The number of carboxylic acid groups (broad SMARTS) is 1. The van der Waals surface area contributed by atoms with Gasteiger partial charge in [-0.3, -0.25) is 0 Å². The summed E-state index contributed by atoms with van der Waals surface area (Å²) in [6, 6.07) is 1.24. The fraction of sp³-hybridized carbons (Fsp3) is 0.545. The van der Waals surface area contributed by atoms with Crippen LogP contribution in [-0.4, -0.2) is 50.1 Å². The van der Waals surface area contributed by atoms with Crippen LogP contribution < -0.4 is 0 Å². The van der Waals surface area contributed by atoms with Crippen molar-refractivity contribution < 1.29 is 23.1 Å². The average Bonchev–Trinajstić information content (AvgIpc) is 2.59. The lowest BCUT2D eigenvalue weighted by Crippen LogP contribution is -2.33. The Kier molecular flexibility index (Phi) is 4.24. The SMILES string of the molecule is Cc1sc(C(=O)O)cc1S(=O)(=O)N1CCCOCC1. The molecule has 0 unspecified atom stereocenters. The zero-order valence-corrected chi connectivity index (χ0v) is 12.1. The molecule has 1 aliphatic rings. The molecular formula is C11H15NO5S2. The maximum absolute atomic E-state index is 12.5. The molecule has 0 spiro atoms. The van der Waals surface area contributed by atoms with Crippen LogP contribution in [0.5, 0.6) is 0 Å². The normalized spacial score (nSPS) is 18.2. The van der Waals surface area contributed by atoms with Gasteiger partial charge in [0.1, 0.15) is 4.88 Å². The van der Waals surface area contributed by atoms with Crippen LogP contribution in [0, 0.1) is 6.92 Å². The van der Waals surface area contributed by atoms with Crippen LogP contribution >= 0.6 is 11.3 Å². The van der Waals surface area contributed by atoms with Crippen LogP contribution in [0.3, 0.4) is 0 Å². The summed E-state index contributed by atoms with van der Waals surface area (Å²) in [6.45, 7) is 3.25. The Hall–Kier alpha value is -0.960. The maximum Gasteiger partial charge on any atom is 0.345 e. The summed E-state index contributed by atoms with van der Waals surface area (Å²) in [6.07, 6.45) is 0.647. The molecule has 0 saturated carbocycles. The van der Waals surface area contributed by atoms with Crippen molar-refractivity contribution in [3.05, 3.63) is 15.8 Å². The first-order chi connectivity index (χ1) is 8.93. The molecule has 0 bridgehead atoms. The third-order valence-corrected chi connectivity index (χ3v) is 6.07. The Morgan fingerprint density at radius 3 is 2.79 bits per heavy atom. The fourth-order valence-corrected chi connectivity index (χ4v) is 4.79. The van der Waals surface area contributed by atoms with Gasteiger partial charge in [0.25, 0.3) is 0 Å². The first kappa shape index (κ1) is 14.4. The summed E-state index contributed by atoms with van der Waals surface area (Å²) < 4.78 is 31.6. The number of carbonyl (C=O) groups is 1. The number of aromatic carboxylic acids is 1. The average molecular weight is 305 g/mol. The number of hydrogen-bond acceptors (Lipinski definition) is 5. The van der Waals surface area contributed by atoms with Crippen molar-refractivity contribution in [1.82, 2.24) is 4.31 Å². The van der Waals surface area contributed by atoms with Gasteiger partial charge in [-0.1, -0.05) is 0 Å². The number of sulfonamides is 1. The van der Waals surface area contributed by atoms with Crippen LogP contribution in [0.2, 0.25) is 0 Å². The van der Waals surface area contributed by atoms with E-state index in [0.717, 1.165) is 11.3 Å². The summed E-state index contributed by atoms with van der Waals surface area (Å²) in [7, 11) is -3.63. The first-order valence-electron chi connectivity index (χ1n) is 5.84. The molecule has 0 aliphatic carbocycles. The Balaban J connectivity index is 2.35. The molecule has 2 heterocycles. The molecule has 1 aliphatic heterocycles. The molecule has 1 fully saturated rings. The van der Waals surface area contributed by atoms with Crippen molar-refractivity contribution in [3.63, 3.8) is 0 Å². The Morgan fingerprint density at radius 2 is 2.16 bits per heavy atom. The number of hydrogen-bond donors (Lipinski definition) is 1. The topological polar surface area (TPSA) is 83.9 Å². The van der Waals surface area contributed by atoms with Crippen LogP contribution in [0.15, 0.2) is 11.0 Å². The molecule has 0 amide bonds. The fourth-order valence-electron chi connectivity index (χ4n) is 1.93. The summed E-state index contributed by atoms with van der Waals surface area (Å²) in [5, 5.41) is 8.93. The van der Waals surface area contributed by atoms with Gasteiger partial charge in [-0.05, 0) is 19.4 Å². The molecule has 1 aromatic rings. The lowest BCUT2D eigenvalue weighted by Gasteiger charge is -2.18. The summed E-state index contributed by atoms with van der Waals surface area (Å²) in [5.74, 6) is -1.10. The lowest BCUT2D eigenvalue weighted by atomic mass is 10.4. The number of rotatable bonds is 3. The number of aryl methyl sites for hydroxylation is 1. The third kappa shape index (κ3) is 2.97. The molecule has 0 radical (unpaired) electrons. The van der Waals surface area contributed by atoms with Gasteiger partial charge < -0.3 is 9.84 Å². The van der Waals surface area contributed by atoms with Gasteiger partial charge >= 0.3 is 5.97 Å². The van der Waals surface area contributed by atoms with E-state index in [1.807, 2.05) is 0 Å². The molecule has 8 heteroatoms. The van der Waals surface area contributed by atoms with E-state index in [0.29, 0.717) is 37.6 Å². The molecule has 0 atom stereocenters. The predicted octanol–water partition coefficient (Wildman–Crippen LogP) is 1.17. The maximum atomic E-state index is 12.5. The second kappa shape index (κ2) is 5.58. The quantitative estimate of drug-likeness (QED) is 0.906. The van der Waals surface area contributed by atoms with Crippen LogP contribution in [-0.2, 0) is 14.8 Å². The van der Waals surface area contributed by atoms with E-state index in [2.05, 4.69) is 0 Å². The molecule has 19 heavy (non-hydrogen) atoms. The Labute approximate surface area is 115 Å². The highest BCUT2D eigenvalue weighted by Crippen LogP contribution is 2.28. The Bertz CT molecular complexity index is 570. The molecule has 1 aromatic heterocycles. The standard InChI is InChI=1S/C11H15NO5S2/c1-8-10(7-9(18-8)11(13)14)19(15,16)12-3-2-5-17-6-4-12/h7H,2-6H2,1H3,(H,13,14). The largest absolute Gasteiger partial charge is 0.477 e. The minimum absolute atomic E-state index is 0.0437. The molecular weight excluding hydrogens is 290 g/mol. The monoisotopic (exact) mass is 305 g/mol. The Morgan fingerprint density at radius 1 is 1.42 bits per heavy atom. The van der Waals surface area contributed by atoms with Crippen molar-refractivity contribution in [1.29, 1.82) is 0 Å². The van der Waals surface area contributed by atoms with Gasteiger partial charge in [0, 0.05) is 24.6 Å². The van der Waals surface area contributed by atoms with Crippen LogP contribution in [0.4, 0.5) is 0 Å². The number of carboxylic acids is 1. The zero-order valence-electron chi connectivity index (χ0n) is 10.5. The molecule has 1 saturated heterocycles. The van der Waals surface area contributed by atoms with Crippen molar-refractivity contribution in [2.45, 2.75) is 18.2 Å². The first-order valence-corrected chi connectivity index (χ1v) is 8.10. The second-order valence-electron chi connectivity index (χ2n) is 4.21. The van der Waals surface area contributed by atoms with E-state index in [-0.39, 0.29) is 9.77 Å². The van der Waals surface area contributed by atoms with Crippen molar-refractivity contribution in [3.8, 4) is 0 Å². The summed E-state index contributed by atoms with van der Waals surface area (Å²) in [4.78, 5) is 11.5. The zero-order chi connectivity index (χ0) is 14.0.